The molecule has 2 nitrogen and oxygen atoms in total. The maximum absolute atomic E-state index is 6.91. The summed E-state index contributed by atoms with van der Waals surface area (Å²) in [6, 6.07) is 3.88. The first kappa shape index (κ1) is 10.7. The summed E-state index contributed by atoms with van der Waals surface area (Å²) in [4.78, 5) is 3.92. The Bertz CT molecular complexity index is 165. The molecule has 0 radical (unpaired) electrons. The van der Waals surface area contributed by atoms with Crippen molar-refractivity contribution < 1.29 is 51.4 Å². The summed E-state index contributed by atoms with van der Waals surface area (Å²) in [7, 11) is 0. The number of pyridine rings is 1. The standard InChI is InChI=1S/C7H9N2.K/c8-4-3-7-2-1-5-9-6-7;/h1-2,5-6,8H,3-4H2;/q-1;+1. The third kappa shape index (κ3) is 3.80. The van der Waals surface area contributed by atoms with Crippen molar-refractivity contribution in [3.63, 3.8) is 0 Å². The molecule has 0 fully saturated rings. The predicted octanol–water partition coefficient (Wildman–Crippen LogP) is -1.32. The van der Waals surface area contributed by atoms with Crippen molar-refractivity contribution in [3.05, 3.63) is 35.8 Å². The molecule has 0 aromatic carbocycles. The van der Waals surface area contributed by atoms with Gasteiger partial charge in [0.2, 0.25) is 0 Å². The molecule has 0 spiro atoms. The van der Waals surface area contributed by atoms with Crippen LogP contribution < -0.4 is 51.4 Å². The number of hydrogen-bond acceptors (Lipinski definition) is 1. The Balaban J connectivity index is 0.000000810. The quantitative estimate of drug-likeness (QED) is 0.494. The van der Waals surface area contributed by atoms with Crippen LogP contribution in [0.15, 0.2) is 24.5 Å². The van der Waals surface area contributed by atoms with Gasteiger partial charge >= 0.3 is 51.4 Å². The molecule has 0 bridgehead atoms. The number of aromatic nitrogens is 1. The summed E-state index contributed by atoms with van der Waals surface area (Å²) < 4.78 is 0. The Morgan fingerprint density at radius 3 is 2.80 bits per heavy atom. The molecule has 0 aliphatic rings. The van der Waals surface area contributed by atoms with E-state index >= 15 is 0 Å². The van der Waals surface area contributed by atoms with E-state index in [-0.39, 0.29) is 51.4 Å². The van der Waals surface area contributed by atoms with Gasteiger partial charge in [0.15, 0.2) is 0 Å². The summed E-state index contributed by atoms with van der Waals surface area (Å²) in [5.74, 6) is 0. The first-order chi connectivity index (χ1) is 4.43. The number of nitrogens with zero attached hydrogens (tertiary/aromatic N) is 1. The smallest absolute Gasteiger partial charge is 0.677 e. The van der Waals surface area contributed by atoms with Crippen LogP contribution in [0.1, 0.15) is 5.56 Å². The second-order valence-electron chi connectivity index (χ2n) is 1.86. The van der Waals surface area contributed by atoms with E-state index in [1.54, 1.807) is 12.4 Å². The Labute approximate surface area is 104 Å². The van der Waals surface area contributed by atoms with E-state index in [4.69, 9.17) is 5.73 Å². The topological polar surface area (TPSA) is 36.7 Å². The molecule has 1 N–H and O–H groups in total. The van der Waals surface area contributed by atoms with E-state index in [1.165, 1.54) is 0 Å². The summed E-state index contributed by atoms with van der Waals surface area (Å²) in [5, 5.41) is 0. The molecule has 48 valence electrons. The number of hydrogen-bond donors (Lipinski definition) is 0. The van der Waals surface area contributed by atoms with Crippen LogP contribution in [0.2, 0.25) is 0 Å². The van der Waals surface area contributed by atoms with Gasteiger partial charge in [-0.3, -0.25) is 4.98 Å². The molecule has 3 heteroatoms. The molecular formula is C7H9KN2. The van der Waals surface area contributed by atoms with E-state index in [0.717, 1.165) is 12.0 Å². The first-order valence-electron chi connectivity index (χ1n) is 2.97. The second-order valence-corrected chi connectivity index (χ2v) is 1.86. The van der Waals surface area contributed by atoms with Crippen LogP contribution in [0.25, 0.3) is 5.73 Å². The fourth-order valence-corrected chi connectivity index (χ4v) is 0.690. The Morgan fingerprint density at radius 1 is 1.50 bits per heavy atom. The second kappa shape index (κ2) is 6.46. The summed E-state index contributed by atoms with van der Waals surface area (Å²) in [6.07, 6.45) is 4.36. The molecule has 0 saturated carbocycles. The van der Waals surface area contributed by atoms with E-state index in [9.17, 15) is 0 Å². The molecule has 0 saturated heterocycles. The fourth-order valence-electron chi connectivity index (χ4n) is 0.690. The van der Waals surface area contributed by atoms with Crippen molar-refractivity contribution in [3.8, 4) is 0 Å². The minimum Gasteiger partial charge on any atom is -0.677 e. The SMILES string of the molecule is [K+].[NH-]CCc1cccnc1. The van der Waals surface area contributed by atoms with Crippen LogP contribution in [-0.2, 0) is 6.42 Å². The maximum atomic E-state index is 6.91. The van der Waals surface area contributed by atoms with Crippen LogP contribution >= 0.6 is 0 Å². The van der Waals surface area contributed by atoms with Gasteiger partial charge in [-0.25, -0.2) is 0 Å². The van der Waals surface area contributed by atoms with E-state index in [2.05, 4.69) is 4.98 Å². The van der Waals surface area contributed by atoms with Crippen molar-refractivity contribution in [2.24, 2.45) is 0 Å². The van der Waals surface area contributed by atoms with Crippen LogP contribution in [0, 0.1) is 0 Å². The molecule has 0 unspecified atom stereocenters. The van der Waals surface area contributed by atoms with Gasteiger partial charge in [-0.2, -0.15) is 0 Å². The van der Waals surface area contributed by atoms with Gasteiger partial charge in [-0.1, -0.05) is 6.07 Å². The van der Waals surface area contributed by atoms with Crippen LogP contribution in [0.3, 0.4) is 0 Å². The average molecular weight is 160 g/mol. The summed E-state index contributed by atoms with van der Waals surface area (Å²) >= 11 is 0. The fraction of sp³-hybridized carbons (Fsp3) is 0.286. The van der Waals surface area contributed by atoms with Crippen molar-refractivity contribution in [1.82, 2.24) is 4.98 Å². The minimum atomic E-state index is 0. The van der Waals surface area contributed by atoms with Crippen LogP contribution in [-0.4, -0.2) is 11.5 Å². The maximum Gasteiger partial charge on any atom is 1.00 e. The molecule has 1 aromatic rings. The van der Waals surface area contributed by atoms with Crippen molar-refractivity contribution >= 4 is 0 Å². The Kier molecular flexibility index (Phi) is 6.94. The van der Waals surface area contributed by atoms with Crippen molar-refractivity contribution in [2.75, 3.05) is 6.54 Å². The zero-order chi connectivity index (χ0) is 6.53. The van der Waals surface area contributed by atoms with Gasteiger partial charge in [-0.15, -0.1) is 6.54 Å². The van der Waals surface area contributed by atoms with Crippen molar-refractivity contribution in [2.45, 2.75) is 6.42 Å². The zero-order valence-electron chi connectivity index (χ0n) is 6.17. The monoisotopic (exact) mass is 160 g/mol. The van der Waals surface area contributed by atoms with E-state index < -0.39 is 0 Å². The molecule has 0 aliphatic carbocycles. The Morgan fingerprint density at radius 2 is 2.30 bits per heavy atom. The van der Waals surface area contributed by atoms with Crippen LogP contribution in [0.4, 0.5) is 0 Å². The third-order valence-corrected chi connectivity index (χ3v) is 1.14. The molecule has 1 rings (SSSR count). The van der Waals surface area contributed by atoms with Gasteiger partial charge in [0.05, 0.1) is 0 Å². The minimum absolute atomic E-state index is 0. The van der Waals surface area contributed by atoms with Gasteiger partial charge < -0.3 is 5.73 Å². The summed E-state index contributed by atoms with van der Waals surface area (Å²) in [5.41, 5.74) is 8.06. The third-order valence-electron chi connectivity index (χ3n) is 1.14. The largest absolute Gasteiger partial charge is 1.00 e. The van der Waals surface area contributed by atoms with E-state index in [1.807, 2.05) is 12.1 Å². The first-order valence-corrected chi connectivity index (χ1v) is 2.97. The molecule has 1 aromatic heterocycles. The number of nitrogens with one attached hydrogen (secondary N) is 1. The van der Waals surface area contributed by atoms with Gasteiger partial charge in [0.1, 0.15) is 0 Å². The molecular weight excluding hydrogens is 151 g/mol. The molecule has 10 heavy (non-hydrogen) atoms. The normalized spacial score (nSPS) is 8.50. The van der Waals surface area contributed by atoms with Gasteiger partial charge in [0, 0.05) is 12.4 Å². The molecule has 0 amide bonds. The Hall–Kier alpha value is 0.746. The van der Waals surface area contributed by atoms with Gasteiger partial charge in [-0.05, 0) is 18.1 Å². The molecule has 0 aliphatic heterocycles. The molecule has 0 atom stereocenters. The zero-order valence-corrected chi connectivity index (χ0v) is 9.29. The average Bonchev–Trinajstić information content (AvgIpc) is 1.91. The van der Waals surface area contributed by atoms with Crippen molar-refractivity contribution in [1.29, 1.82) is 0 Å². The summed E-state index contributed by atoms with van der Waals surface area (Å²) in [6.45, 7) is 0.450. The van der Waals surface area contributed by atoms with E-state index in [0.29, 0.717) is 6.54 Å². The predicted molar refractivity (Wildman–Crippen MR) is 37.1 cm³/mol. The van der Waals surface area contributed by atoms with Gasteiger partial charge in [0.25, 0.3) is 0 Å². The molecule has 1 heterocycles. The van der Waals surface area contributed by atoms with Crippen LogP contribution in [0.5, 0.6) is 0 Å². The number of rotatable bonds is 2.